The van der Waals surface area contributed by atoms with Crippen LogP contribution in [0.2, 0.25) is 0 Å². The summed E-state index contributed by atoms with van der Waals surface area (Å²) in [4.78, 5) is 18.7. The molecule has 0 atom stereocenters. The third-order valence-electron chi connectivity index (χ3n) is 3.94. The smallest absolute Gasteiger partial charge is 0.230 e. The van der Waals surface area contributed by atoms with Gasteiger partial charge in [-0.3, -0.25) is 9.69 Å². The Morgan fingerprint density at radius 2 is 2.18 bits per heavy atom. The van der Waals surface area contributed by atoms with Crippen molar-refractivity contribution in [1.82, 2.24) is 19.8 Å². The predicted octanol–water partition coefficient (Wildman–Crippen LogP) is 1.22. The first-order valence-corrected chi connectivity index (χ1v) is 8.75. The molecule has 0 radical (unpaired) electrons. The Morgan fingerprint density at radius 1 is 1.45 bits per heavy atom. The van der Waals surface area contributed by atoms with Gasteiger partial charge in [-0.1, -0.05) is 11.8 Å². The molecule has 0 aliphatic carbocycles. The minimum atomic E-state index is -0.0496. The van der Waals surface area contributed by atoms with Gasteiger partial charge < -0.3 is 14.6 Å². The molecular formula is C15H26N4O2S. The van der Waals surface area contributed by atoms with E-state index in [1.54, 1.807) is 6.20 Å². The SMILES string of the molecule is CCn1ccnc1SCC(=O)NCC(C)(C)N1CCOCC1. The Hall–Kier alpha value is -1.05. The highest BCUT2D eigenvalue weighted by Gasteiger charge is 2.28. The standard InChI is InChI=1S/C15H26N4O2S/c1-4-18-6-5-16-14(18)22-11-13(20)17-12-15(2,3)19-7-9-21-10-8-19/h5-6H,4,7-12H2,1-3H3,(H,17,20). The van der Waals surface area contributed by atoms with Crippen molar-refractivity contribution in [3.8, 4) is 0 Å². The summed E-state index contributed by atoms with van der Waals surface area (Å²) in [6, 6.07) is 0. The molecule has 2 rings (SSSR count). The predicted molar refractivity (Wildman–Crippen MR) is 88.1 cm³/mol. The summed E-state index contributed by atoms with van der Waals surface area (Å²) in [6.45, 7) is 11.3. The van der Waals surface area contributed by atoms with Crippen molar-refractivity contribution >= 4 is 17.7 Å². The molecule has 1 aromatic heterocycles. The summed E-state index contributed by atoms with van der Waals surface area (Å²) in [5.74, 6) is 0.452. The Balaban J connectivity index is 1.74. The van der Waals surface area contributed by atoms with Gasteiger partial charge in [-0.05, 0) is 20.8 Å². The van der Waals surface area contributed by atoms with Gasteiger partial charge in [0.15, 0.2) is 5.16 Å². The minimum absolute atomic E-state index is 0.0496. The van der Waals surface area contributed by atoms with Gasteiger partial charge in [0.05, 0.1) is 19.0 Å². The number of nitrogens with one attached hydrogen (secondary N) is 1. The molecule has 22 heavy (non-hydrogen) atoms. The fraction of sp³-hybridized carbons (Fsp3) is 0.733. The Kier molecular flexibility index (Phi) is 6.28. The topological polar surface area (TPSA) is 59.4 Å². The van der Waals surface area contributed by atoms with E-state index in [1.807, 2.05) is 10.8 Å². The number of thioether (sulfide) groups is 1. The largest absolute Gasteiger partial charge is 0.379 e. The maximum atomic E-state index is 12.1. The zero-order valence-electron chi connectivity index (χ0n) is 13.7. The van der Waals surface area contributed by atoms with Gasteiger partial charge in [0.2, 0.25) is 5.91 Å². The quantitative estimate of drug-likeness (QED) is 0.764. The Morgan fingerprint density at radius 3 is 2.86 bits per heavy atom. The number of hydrogen-bond donors (Lipinski definition) is 1. The molecule has 1 saturated heterocycles. The third kappa shape index (κ3) is 4.72. The molecule has 1 N–H and O–H groups in total. The zero-order chi connectivity index (χ0) is 16.0. The van der Waals surface area contributed by atoms with Crippen LogP contribution in [0.15, 0.2) is 17.6 Å². The monoisotopic (exact) mass is 326 g/mol. The number of imidazole rings is 1. The number of hydrogen-bond acceptors (Lipinski definition) is 5. The molecule has 6 nitrogen and oxygen atoms in total. The van der Waals surface area contributed by atoms with Crippen molar-refractivity contribution < 1.29 is 9.53 Å². The maximum absolute atomic E-state index is 12.1. The lowest BCUT2D eigenvalue weighted by molar-refractivity contribution is -0.119. The molecule has 1 amide bonds. The lowest BCUT2D eigenvalue weighted by Crippen LogP contribution is -2.55. The molecule has 1 aliphatic rings. The molecule has 0 saturated carbocycles. The van der Waals surface area contributed by atoms with Gasteiger partial charge in [0.25, 0.3) is 0 Å². The Labute approximate surface area is 136 Å². The number of aromatic nitrogens is 2. The number of rotatable bonds is 7. The number of aryl methyl sites for hydroxylation is 1. The summed E-state index contributed by atoms with van der Waals surface area (Å²) >= 11 is 1.48. The van der Waals surface area contributed by atoms with Crippen LogP contribution in [0.1, 0.15) is 20.8 Å². The summed E-state index contributed by atoms with van der Waals surface area (Å²) in [7, 11) is 0. The molecule has 0 bridgehead atoms. The molecular weight excluding hydrogens is 300 g/mol. The van der Waals surface area contributed by atoms with Gasteiger partial charge >= 0.3 is 0 Å². The second-order valence-electron chi connectivity index (χ2n) is 5.97. The van der Waals surface area contributed by atoms with E-state index in [0.717, 1.165) is 38.0 Å². The number of nitrogens with zero attached hydrogens (tertiary/aromatic N) is 3. The Bertz CT molecular complexity index is 484. The minimum Gasteiger partial charge on any atom is -0.379 e. The van der Waals surface area contributed by atoms with Crippen molar-refractivity contribution in [1.29, 1.82) is 0 Å². The normalized spacial score (nSPS) is 16.7. The third-order valence-corrected chi connectivity index (χ3v) is 4.94. The molecule has 1 fully saturated rings. The van der Waals surface area contributed by atoms with Gasteiger partial charge in [-0.25, -0.2) is 4.98 Å². The fourth-order valence-corrected chi connectivity index (χ4v) is 3.31. The summed E-state index contributed by atoms with van der Waals surface area (Å²) in [6.07, 6.45) is 3.70. The fourth-order valence-electron chi connectivity index (χ4n) is 2.45. The molecule has 0 aromatic carbocycles. The molecule has 0 spiro atoms. The van der Waals surface area contributed by atoms with Crippen LogP contribution in [0.4, 0.5) is 0 Å². The first-order chi connectivity index (χ1) is 10.5. The maximum Gasteiger partial charge on any atom is 0.230 e. The molecule has 7 heteroatoms. The van der Waals surface area contributed by atoms with Crippen molar-refractivity contribution in [2.45, 2.75) is 38.0 Å². The number of carbonyl (C=O) groups is 1. The van der Waals surface area contributed by atoms with Crippen LogP contribution in [-0.2, 0) is 16.1 Å². The second-order valence-corrected chi connectivity index (χ2v) is 6.92. The highest BCUT2D eigenvalue weighted by molar-refractivity contribution is 7.99. The average molecular weight is 326 g/mol. The van der Waals surface area contributed by atoms with E-state index in [1.165, 1.54) is 11.8 Å². The van der Waals surface area contributed by atoms with E-state index in [9.17, 15) is 4.79 Å². The van der Waals surface area contributed by atoms with Crippen molar-refractivity contribution in [2.24, 2.45) is 0 Å². The van der Waals surface area contributed by atoms with E-state index in [-0.39, 0.29) is 11.4 Å². The number of carbonyl (C=O) groups excluding carboxylic acids is 1. The molecule has 124 valence electrons. The number of amides is 1. The lowest BCUT2D eigenvalue weighted by Gasteiger charge is -2.40. The van der Waals surface area contributed by atoms with Crippen LogP contribution in [-0.4, -0.2) is 64.5 Å². The number of ether oxygens (including phenoxy) is 1. The summed E-state index contributed by atoms with van der Waals surface area (Å²) < 4.78 is 7.42. The van der Waals surface area contributed by atoms with E-state index >= 15 is 0 Å². The molecule has 1 aromatic rings. The van der Waals surface area contributed by atoms with Crippen molar-refractivity contribution in [3.05, 3.63) is 12.4 Å². The van der Waals surface area contributed by atoms with Crippen LogP contribution in [0.3, 0.4) is 0 Å². The van der Waals surface area contributed by atoms with Gasteiger partial charge in [0, 0.05) is 44.1 Å². The van der Waals surface area contributed by atoms with Crippen molar-refractivity contribution in [3.63, 3.8) is 0 Å². The molecule has 2 heterocycles. The second kappa shape index (κ2) is 7.99. The first kappa shape index (κ1) is 17.3. The summed E-state index contributed by atoms with van der Waals surface area (Å²) in [5, 5.41) is 3.93. The van der Waals surface area contributed by atoms with Gasteiger partial charge in [-0.2, -0.15) is 0 Å². The van der Waals surface area contributed by atoms with E-state index < -0.39 is 0 Å². The van der Waals surface area contributed by atoms with E-state index in [0.29, 0.717) is 12.3 Å². The van der Waals surface area contributed by atoms with Gasteiger partial charge in [0.1, 0.15) is 0 Å². The van der Waals surface area contributed by atoms with E-state index in [2.05, 4.69) is 36.0 Å². The van der Waals surface area contributed by atoms with E-state index in [4.69, 9.17) is 4.74 Å². The highest BCUT2D eigenvalue weighted by Crippen LogP contribution is 2.17. The van der Waals surface area contributed by atoms with Crippen LogP contribution in [0.5, 0.6) is 0 Å². The molecule has 0 unspecified atom stereocenters. The van der Waals surface area contributed by atoms with Crippen LogP contribution in [0, 0.1) is 0 Å². The van der Waals surface area contributed by atoms with Crippen LogP contribution < -0.4 is 5.32 Å². The zero-order valence-corrected chi connectivity index (χ0v) is 14.5. The van der Waals surface area contributed by atoms with Crippen LogP contribution in [0.25, 0.3) is 0 Å². The summed E-state index contributed by atoms with van der Waals surface area (Å²) in [5.41, 5.74) is -0.0496. The first-order valence-electron chi connectivity index (χ1n) is 7.76. The average Bonchev–Trinajstić information content (AvgIpc) is 2.99. The molecule has 1 aliphatic heterocycles. The van der Waals surface area contributed by atoms with Gasteiger partial charge in [-0.15, -0.1) is 0 Å². The van der Waals surface area contributed by atoms with Crippen molar-refractivity contribution in [2.75, 3.05) is 38.6 Å². The highest BCUT2D eigenvalue weighted by atomic mass is 32.2. The van der Waals surface area contributed by atoms with Crippen LogP contribution >= 0.6 is 11.8 Å². The lowest BCUT2D eigenvalue weighted by atomic mass is 10.0. The number of morpholine rings is 1.